The molecule has 0 radical (unpaired) electrons. The van der Waals surface area contributed by atoms with Gasteiger partial charge in [-0.15, -0.1) is 11.8 Å². The number of carbonyl (C=O) groups excluding carboxylic acids is 1. The summed E-state index contributed by atoms with van der Waals surface area (Å²) in [6, 6.07) is 24.3. The summed E-state index contributed by atoms with van der Waals surface area (Å²) in [6.45, 7) is 0.992. The lowest BCUT2D eigenvalue weighted by molar-refractivity contribution is -0.118. The highest BCUT2D eigenvalue weighted by molar-refractivity contribution is 7.99. The number of hydrogen-bond acceptors (Lipinski definition) is 3. The molecule has 3 rings (SSSR count). The number of rotatable bonds is 8. The van der Waals surface area contributed by atoms with Crippen molar-refractivity contribution in [2.24, 2.45) is 0 Å². The quantitative estimate of drug-likeness (QED) is 0.616. The number of benzene rings is 3. The van der Waals surface area contributed by atoms with E-state index < -0.39 is 0 Å². The minimum atomic E-state index is 0.0434. The molecule has 0 atom stereocenters. The molecule has 1 N–H and O–H groups in total. The van der Waals surface area contributed by atoms with Crippen LogP contribution in [0.3, 0.4) is 0 Å². The maximum Gasteiger partial charge on any atom is 0.230 e. The first kappa shape index (κ1) is 17.4. The van der Waals surface area contributed by atoms with Crippen molar-refractivity contribution >= 4 is 28.4 Å². The molecule has 4 heteroatoms. The largest absolute Gasteiger partial charge is 0.492 e. The first-order chi connectivity index (χ1) is 12.3. The third kappa shape index (κ3) is 5.26. The van der Waals surface area contributed by atoms with E-state index in [4.69, 9.17) is 4.74 Å². The monoisotopic (exact) mass is 351 g/mol. The van der Waals surface area contributed by atoms with Gasteiger partial charge in [-0.3, -0.25) is 4.79 Å². The predicted molar refractivity (Wildman–Crippen MR) is 105 cm³/mol. The SMILES string of the molecule is O=C(CSCc1cccc2ccccc12)NCCOc1ccccc1. The van der Waals surface area contributed by atoms with E-state index in [9.17, 15) is 4.79 Å². The molecular formula is C21H21NO2S. The normalized spacial score (nSPS) is 10.6. The Kier molecular flexibility index (Phi) is 6.35. The van der Waals surface area contributed by atoms with Gasteiger partial charge in [-0.25, -0.2) is 0 Å². The number of carbonyl (C=O) groups is 1. The highest BCUT2D eigenvalue weighted by Gasteiger charge is 2.04. The molecular weight excluding hydrogens is 330 g/mol. The Morgan fingerprint density at radius 3 is 2.56 bits per heavy atom. The number of amides is 1. The molecule has 3 aromatic rings. The Bertz CT molecular complexity index is 815. The zero-order valence-electron chi connectivity index (χ0n) is 14.0. The molecule has 0 aliphatic heterocycles. The zero-order valence-corrected chi connectivity index (χ0v) is 14.8. The van der Waals surface area contributed by atoms with Crippen LogP contribution in [0, 0.1) is 0 Å². The van der Waals surface area contributed by atoms with Gasteiger partial charge in [0.15, 0.2) is 0 Å². The Balaban J connectivity index is 1.38. The minimum Gasteiger partial charge on any atom is -0.492 e. The van der Waals surface area contributed by atoms with Crippen LogP contribution in [0.2, 0.25) is 0 Å². The van der Waals surface area contributed by atoms with Gasteiger partial charge in [0, 0.05) is 5.75 Å². The van der Waals surface area contributed by atoms with Crippen LogP contribution >= 0.6 is 11.8 Å². The van der Waals surface area contributed by atoms with Crippen molar-refractivity contribution in [1.82, 2.24) is 5.32 Å². The van der Waals surface area contributed by atoms with E-state index in [1.54, 1.807) is 11.8 Å². The van der Waals surface area contributed by atoms with Gasteiger partial charge in [0.05, 0.1) is 12.3 Å². The summed E-state index contributed by atoms with van der Waals surface area (Å²) in [5.41, 5.74) is 1.27. The maximum atomic E-state index is 11.9. The third-order valence-corrected chi connectivity index (χ3v) is 4.79. The Morgan fingerprint density at radius 1 is 0.920 bits per heavy atom. The first-order valence-electron chi connectivity index (χ1n) is 8.32. The van der Waals surface area contributed by atoms with Crippen LogP contribution in [-0.2, 0) is 10.5 Å². The second-order valence-electron chi connectivity index (χ2n) is 5.64. The van der Waals surface area contributed by atoms with E-state index in [1.807, 2.05) is 36.4 Å². The van der Waals surface area contributed by atoms with Crippen molar-refractivity contribution in [1.29, 1.82) is 0 Å². The fraction of sp³-hybridized carbons (Fsp3) is 0.190. The van der Waals surface area contributed by atoms with Gasteiger partial charge >= 0.3 is 0 Å². The average molecular weight is 351 g/mol. The van der Waals surface area contributed by atoms with Gasteiger partial charge < -0.3 is 10.1 Å². The average Bonchev–Trinajstić information content (AvgIpc) is 2.66. The third-order valence-electron chi connectivity index (χ3n) is 3.81. The minimum absolute atomic E-state index is 0.0434. The molecule has 0 saturated carbocycles. The standard InChI is InChI=1S/C21H21NO2S/c23-21(22-13-14-24-19-10-2-1-3-11-19)16-25-15-18-9-6-8-17-7-4-5-12-20(17)18/h1-12H,13-16H2,(H,22,23). The molecule has 0 aromatic heterocycles. The van der Waals surface area contributed by atoms with Gasteiger partial charge in [0.25, 0.3) is 0 Å². The van der Waals surface area contributed by atoms with Crippen LogP contribution in [0.25, 0.3) is 10.8 Å². The van der Waals surface area contributed by atoms with Gasteiger partial charge in [-0.2, -0.15) is 0 Å². The molecule has 0 aliphatic rings. The summed E-state index contributed by atoms with van der Waals surface area (Å²) < 4.78 is 5.56. The summed E-state index contributed by atoms with van der Waals surface area (Å²) in [5.74, 6) is 2.15. The Labute approximate surface area is 152 Å². The molecule has 0 saturated heterocycles. The summed E-state index contributed by atoms with van der Waals surface area (Å²) >= 11 is 1.63. The van der Waals surface area contributed by atoms with Crippen LogP contribution in [0.15, 0.2) is 72.8 Å². The molecule has 0 bridgehead atoms. The van der Waals surface area contributed by atoms with Crippen LogP contribution in [0.4, 0.5) is 0 Å². The van der Waals surface area contributed by atoms with E-state index in [2.05, 4.69) is 41.7 Å². The summed E-state index contributed by atoms with van der Waals surface area (Å²) in [5, 5.41) is 5.39. The van der Waals surface area contributed by atoms with Crippen LogP contribution in [0.1, 0.15) is 5.56 Å². The lowest BCUT2D eigenvalue weighted by Crippen LogP contribution is -2.29. The molecule has 0 unspecified atom stereocenters. The topological polar surface area (TPSA) is 38.3 Å². The maximum absolute atomic E-state index is 11.9. The number of ether oxygens (including phenoxy) is 1. The van der Waals surface area contributed by atoms with Crippen LogP contribution in [0.5, 0.6) is 5.75 Å². The second kappa shape index (κ2) is 9.14. The highest BCUT2D eigenvalue weighted by Crippen LogP contribution is 2.22. The van der Waals surface area contributed by atoms with Gasteiger partial charge in [0.1, 0.15) is 12.4 Å². The smallest absolute Gasteiger partial charge is 0.230 e. The van der Waals surface area contributed by atoms with Crippen molar-refractivity contribution in [3.05, 3.63) is 78.4 Å². The molecule has 25 heavy (non-hydrogen) atoms. The number of fused-ring (bicyclic) bond motifs is 1. The van der Waals surface area contributed by atoms with Crippen molar-refractivity contribution in [3.8, 4) is 5.75 Å². The van der Waals surface area contributed by atoms with Crippen LogP contribution in [-0.4, -0.2) is 24.8 Å². The summed E-state index contributed by atoms with van der Waals surface area (Å²) in [4.78, 5) is 11.9. The lowest BCUT2D eigenvalue weighted by Gasteiger charge is -2.08. The summed E-state index contributed by atoms with van der Waals surface area (Å²) in [6.07, 6.45) is 0. The fourth-order valence-electron chi connectivity index (χ4n) is 2.60. The number of hydrogen-bond donors (Lipinski definition) is 1. The van der Waals surface area contributed by atoms with E-state index in [0.29, 0.717) is 18.9 Å². The van der Waals surface area contributed by atoms with Gasteiger partial charge in [0.2, 0.25) is 5.91 Å². The van der Waals surface area contributed by atoms with Gasteiger partial charge in [-0.05, 0) is 28.5 Å². The van der Waals surface area contributed by atoms with E-state index in [0.717, 1.165) is 11.5 Å². The highest BCUT2D eigenvalue weighted by atomic mass is 32.2. The number of para-hydroxylation sites is 1. The molecule has 0 aliphatic carbocycles. The van der Waals surface area contributed by atoms with E-state index in [-0.39, 0.29) is 5.91 Å². The molecule has 3 nitrogen and oxygen atoms in total. The molecule has 0 fully saturated rings. The van der Waals surface area contributed by atoms with E-state index in [1.165, 1.54) is 16.3 Å². The van der Waals surface area contributed by atoms with Crippen molar-refractivity contribution in [3.63, 3.8) is 0 Å². The lowest BCUT2D eigenvalue weighted by atomic mass is 10.1. The van der Waals surface area contributed by atoms with Crippen LogP contribution < -0.4 is 10.1 Å². The fourth-order valence-corrected chi connectivity index (χ4v) is 3.46. The zero-order chi connectivity index (χ0) is 17.3. The molecule has 128 valence electrons. The van der Waals surface area contributed by atoms with Crippen molar-refractivity contribution < 1.29 is 9.53 Å². The number of thioether (sulfide) groups is 1. The Hall–Kier alpha value is -2.46. The molecule has 3 aromatic carbocycles. The Morgan fingerprint density at radius 2 is 1.68 bits per heavy atom. The summed E-state index contributed by atoms with van der Waals surface area (Å²) in [7, 11) is 0. The second-order valence-corrected chi connectivity index (χ2v) is 6.63. The molecule has 0 spiro atoms. The number of nitrogens with one attached hydrogen (secondary N) is 1. The predicted octanol–water partition coefficient (Wildman–Crippen LogP) is 4.27. The van der Waals surface area contributed by atoms with E-state index >= 15 is 0 Å². The molecule has 1 amide bonds. The van der Waals surface area contributed by atoms with Gasteiger partial charge in [-0.1, -0.05) is 60.7 Å². The molecule has 0 heterocycles. The van der Waals surface area contributed by atoms with Crippen molar-refractivity contribution in [2.75, 3.05) is 18.9 Å². The van der Waals surface area contributed by atoms with Crippen molar-refractivity contribution in [2.45, 2.75) is 5.75 Å². The first-order valence-corrected chi connectivity index (χ1v) is 9.47.